The number of phenols is 1. The lowest BCUT2D eigenvalue weighted by atomic mass is 10.1. The number of fused-ring (bicyclic) bond motifs is 1. The van der Waals surface area contributed by atoms with Crippen LogP contribution in [-0.2, 0) is 0 Å². The molecule has 0 radical (unpaired) electrons. The number of rotatable bonds is 3. The Bertz CT molecular complexity index is 888. The van der Waals surface area contributed by atoms with Gasteiger partial charge in [0.2, 0.25) is 0 Å². The number of nitrogens with zero attached hydrogens (tertiary/aromatic N) is 2. The number of phenolic OH excluding ortho intramolecular Hbond substituents is 1. The minimum atomic E-state index is -0.610. The predicted molar refractivity (Wildman–Crippen MR) is 85.4 cm³/mol. The molecule has 1 heterocycles. The maximum atomic E-state index is 10.8. The Morgan fingerprint density at radius 3 is 2.68 bits per heavy atom. The van der Waals surface area contributed by atoms with Crippen molar-refractivity contribution in [2.45, 2.75) is 0 Å². The van der Waals surface area contributed by atoms with Crippen molar-refractivity contribution in [1.82, 2.24) is 4.98 Å². The molecule has 3 aromatic rings. The number of nitro groups is 1. The highest BCUT2D eigenvalue weighted by molar-refractivity contribution is 5.81. The van der Waals surface area contributed by atoms with E-state index in [1.165, 1.54) is 12.1 Å². The molecule has 0 amide bonds. The van der Waals surface area contributed by atoms with Crippen molar-refractivity contribution in [2.24, 2.45) is 0 Å². The molecule has 0 unspecified atom stereocenters. The van der Waals surface area contributed by atoms with Gasteiger partial charge < -0.3 is 5.11 Å². The SMILES string of the molecule is O=[N+]([O-])c1cc(/C=C/c2ccc3ccccc3n2)ccc1O. The molecule has 0 saturated carbocycles. The summed E-state index contributed by atoms with van der Waals surface area (Å²) in [5.41, 5.74) is 1.96. The highest BCUT2D eigenvalue weighted by atomic mass is 16.6. The third-order valence-corrected chi connectivity index (χ3v) is 3.26. The van der Waals surface area contributed by atoms with Gasteiger partial charge in [-0.25, -0.2) is 4.98 Å². The summed E-state index contributed by atoms with van der Waals surface area (Å²) < 4.78 is 0. The largest absolute Gasteiger partial charge is 0.502 e. The van der Waals surface area contributed by atoms with Crippen LogP contribution >= 0.6 is 0 Å². The van der Waals surface area contributed by atoms with Gasteiger partial charge in [0.05, 0.1) is 16.1 Å². The minimum Gasteiger partial charge on any atom is -0.502 e. The maximum Gasteiger partial charge on any atom is 0.311 e. The molecule has 3 rings (SSSR count). The van der Waals surface area contributed by atoms with Crippen molar-refractivity contribution in [3.63, 3.8) is 0 Å². The van der Waals surface area contributed by atoms with Gasteiger partial charge in [-0.3, -0.25) is 10.1 Å². The summed E-state index contributed by atoms with van der Waals surface area (Å²) in [5.74, 6) is -0.342. The lowest BCUT2D eigenvalue weighted by molar-refractivity contribution is -0.385. The molecule has 1 N–H and O–H groups in total. The molecule has 0 bridgehead atoms. The van der Waals surface area contributed by atoms with Crippen molar-refractivity contribution in [2.75, 3.05) is 0 Å². The number of hydrogen-bond acceptors (Lipinski definition) is 4. The molecular formula is C17H12N2O3. The average molecular weight is 292 g/mol. The summed E-state index contributed by atoms with van der Waals surface area (Å²) in [6.45, 7) is 0. The van der Waals surface area contributed by atoms with Crippen LogP contribution in [0.25, 0.3) is 23.1 Å². The summed E-state index contributed by atoms with van der Waals surface area (Å²) in [4.78, 5) is 14.7. The van der Waals surface area contributed by atoms with Crippen LogP contribution in [0.5, 0.6) is 5.75 Å². The van der Waals surface area contributed by atoms with Crippen LogP contribution in [0.2, 0.25) is 0 Å². The molecule has 22 heavy (non-hydrogen) atoms. The van der Waals surface area contributed by atoms with E-state index in [0.717, 1.165) is 16.6 Å². The van der Waals surface area contributed by atoms with Crippen LogP contribution in [0.15, 0.2) is 54.6 Å². The van der Waals surface area contributed by atoms with E-state index in [1.54, 1.807) is 18.2 Å². The lowest BCUT2D eigenvalue weighted by Crippen LogP contribution is -1.89. The number of benzene rings is 2. The summed E-state index contributed by atoms with van der Waals surface area (Å²) in [6, 6.07) is 15.9. The molecule has 0 fully saturated rings. The van der Waals surface area contributed by atoms with Gasteiger partial charge in [-0.2, -0.15) is 0 Å². The number of aromatic hydroxyl groups is 1. The standard InChI is InChI=1S/C17H12N2O3/c20-17-10-6-12(11-16(17)19(21)22)5-8-14-9-7-13-3-1-2-4-15(13)18-14/h1-11,20H/b8-5+. The fourth-order valence-corrected chi connectivity index (χ4v) is 2.15. The molecule has 0 atom stereocenters. The van der Waals surface area contributed by atoms with Crippen molar-refractivity contribution in [3.8, 4) is 5.75 Å². The first-order valence-corrected chi connectivity index (χ1v) is 6.65. The maximum absolute atomic E-state index is 10.8. The van der Waals surface area contributed by atoms with Crippen molar-refractivity contribution in [3.05, 3.63) is 76.0 Å². The Balaban J connectivity index is 1.92. The highest BCUT2D eigenvalue weighted by Gasteiger charge is 2.12. The van der Waals surface area contributed by atoms with E-state index in [2.05, 4.69) is 4.98 Å². The first kappa shape index (κ1) is 13.8. The van der Waals surface area contributed by atoms with Gasteiger partial charge in [0.1, 0.15) is 0 Å². The van der Waals surface area contributed by atoms with Crippen molar-refractivity contribution in [1.29, 1.82) is 0 Å². The summed E-state index contributed by atoms with van der Waals surface area (Å²) >= 11 is 0. The van der Waals surface area contributed by atoms with Crippen molar-refractivity contribution >= 4 is 28.7 Å². The highest BCUT2D eigenvalue weighted by Crippen LogP contribution is 2.27. The minimum absolute atomic E-state index is 0.311. The number of pyridine rings is 1. The normalized spacial score (nSPS) is 11.1. The van der Waals surface area contributed by atoms with E-state index in [1.807, 2.05) is 36.4 Å². The quantitative estimate of drug-likeness (QED) is 0.584. The van der Waals surface area contributed by atoms with Gasteiger partial charge in [0.15, 0.2) is 5.75 Å². The van der Waals surface area contributed by atoms with Crippen LogP contribution < -0.4 is 0 Å². The molecule has 2 aromatic carbocycles. The number of nitro benzene ring substituents is 1. The molecule has 0 aliphatic rings. The Morgan fingerprint density at radius 2 is 1.86 bits per heavy atom. The van der Waals surface area contributed by atoms with Crippen LogP contribution in [0.4, 0.5) is 5.69 Å². The molecule has 5 heteroatoms. The van der Waals surface area contributed by atoms with E-state index >= 15 is 0 Å². The molecule has 1 aromatic heterocycles. The van der Waals surface area contributed by atoms with E-state index in [0.29, 0.717) is 5.56 Å². The molecule has 5 nitrogen and oxygen atoms in total. The van der Waals surface area contributed by atoms with Gasteiger partial charge in [0.25, 0.3) is 0 Å². The topological polar surface area (TPSA) is 76.3 Å². The third-order valence-electron chi connectivity index (χ3n) is 3.26. The monoisotopic (exact) mass is 292 g/mol. The summed E-state index contributed by atoms with van der Waals surface area (Å²) in [7, 11) is 0. The Hall–Kier alpha value is -3.21. The fourth-order valence-electron chi connectivity index (χ4n) is 2.15. The van der Waals surface area contributed by atoms with Gasteiger partial charge in [-0.15, -0.1) is 0 Å². The van der Waals surface area contributed by atoms with Gasteiger partial charge >= 0.3 is 5.69 Å². The molecular weight excluding hydrogens is 280 g/mol. The van der Waals surface area contributed by atoms with Crippen LogP contribution in [0, 0.1) is 10.1 Å². The second-order valence-electron chi connectivity index (χ2n) is 4.77. The molecule has 108 valence electrons. The molecule has 0 aliphatic heterocycles. The Kier molecular flexibility index (Phi) is 3.53. The first-order chi connectivity index (χ1) is 10.6. The Labute approximate surface area is 126 Å². The second-order valence-corrected chi connectivity index (χ2v) is 4.77. The number of para-hydroxylation sites is 1. The fraction of sp³-hybridized carbons (Fsp3) is 0. The molecule has 0 aliphatic carbocycles. The number of aromatic nitrogens is 1. The summed E-state index contributed by atoms with van der Waals surface area (Å²) in [5, 5.41) is 21.3. The van der Waals surface area contributed by atoms with Crippen LogP contribution in [0.3, 0.4) is 0 Å². The second kappa shape index (κ2) is 5.65. The predicted octanol–water partition coefficient (Wildman–Crippen LogP) is 4.02. The Morgan fingerprint density at radius 1 is 1.05 bits per heavy atom. The zero-order chi connectivity index (χ0) is 15.5. The first-order valence-electron chi connectivity index (χ1n) is 6.65. The summed E-state index contributed by atoms with van der Waals surface area (Å²) in [6.07, 6.45) is 3.51. The van der Waals surface area contributed by atoms with E-state index in [9.17, 15) is 15.2 Å². The van der Waals surface area contributed by atoms with Gasteiger partial charge in [-0.1, -0.05) is 36.4 Å². The van der Waals surface area contributed by atoms with Crippen LogP contribution in [0.1, 0.15) is 11.3 Å². The molecule has 0 saturated heterocycles. The zero-order valence-electron chi connectivity index (χ0n) is 11.5. The van der Waals surface area contributed by atoms with E-state index < -0.39 is 4.92 Å². The van der Waals surface area contributed by atoms with Crippen LogP contribution in [-0.4, -0.2) is 15.0 Å². The molecule has 0 spiro atoms. The lowest BCUT2D eigenvalue weighted by Gasteiger charge is -1.99. The van der Waals surface area contributed by atoms with E-state index in [4.69, 9.17) is 0 Å². The average Bonchev–Trinajstić information content (AvgIpc) is 2.53. The van der Waals surface area contributed by atoms with Gasteiger partial charge in [0, 0.05) is 11.5 Å². The number of hydrogen-bond donors (Lipinski definition) is 1. The smallest absolute Gasteiger partial charge is 0.311 e. The zero-order valence-corrected chi connectivity index (χ0v) is 11.5. The van der Waals surface area contributed by atoms with E-state index in [-0.39, 0.29) is 11.4 Å². The third kappa shape index (κ3) is 2.78. The van der Waals surface area contributed by atoms with Crippen molar-refractivity contribution < 1.29 is 10.0 Å². The van der Waals surface area contributed by atoms with Gasteiger partial charge in [-0.05, 0) is 29.8 Å².